The van der Waals surface area contributed by atoms with Crippen LogP contribution in [0.5, 0.6) is 0 Å². The van der Waals surface area contributed by atoms with Crippen molar-refractivity contribution in [3.8, 4) is 17.3 Å². The average Bonchev–Trinajstić information content (AvgIpc) is 2.68. The molecule has 1 heterocycles. The zero-order chi connectivity index (χ0) is 18.4. The highest BCUT2D eigenvalue weighted by Gasteiger charge is 2.07. The minimum absolute atomic E-state index is 0.0991. The van der Waals surface area contributed by atoms with Gasteiger partial charge >= 0.3 is 0 Å². The van der Waals surface area contributed by atoms with Crippen LogP contribution in [-0.4, -0.2) is 15.7 Å². The summed E-state index contributed by atoms with van der Waals surface area (Å²) in [4.78, 5) is 24.1. The zero-order valence-corrected chi connectivity index (χ0v) is 13.9. The van der Waals surface area contributed by atoms with Crippen molar-refractivity contribution in [3.63, 3.8) is 0 Å². The second-order valence-corrected chi connectivity index (χ2v) is 5.64. The maximum absolute atomic E-state index is 12.1. The highest BCUT2D eigenvalue weighted by molar-refractivity contribution is 5.90. The highest BCUT2D eigenvalue weighted by Crippen LogP contribution is 2.14. The largest absolute Gasteiger partial charge is 0.326 e. The molecule has 6 nitrogen and oxygen atoms in total. The first-order valence-corrected chi connectivity index (χ1v) is 8.09. The Kier molecular flexibility index (Phi) is 5.20. The van der Waals surface area contributed by atoms with Crippen LogP contribution in [0.15, 0.2) is 71.5 Å². The van der Waals surface area contributed by atoms with Gasteiger partial charge in [0.1, 0.15) is 0 Å². The average molecular weight is 344 g/mol. The smallest absolute Gasteiger partial charge is 0.266 e. The van der Waals surface area contributed by atoms with Crippen molar-refractivity contribution in [2.75, 3.05) is 5.32 Å². The predicted octanol–water partition coefficient (Wildman–Crippen LogP) is 2.81. The maximum Gasteiger partial charge on any atom is 0.266 e. The molecule has 0 aliphatic heterocycles. The number of aryl methyl sites for hydroxylation is 1. The van der Waals surface area contributed by atoms with Crippen LogP contribution in [0.2, 0.25) is 0 Å². The quantitative estimate of drug-likeness (QED) is 0.771. The van der Waals surface area contributed by atoms with Gasteiger partial charge in [0, 0.05) is 23.7 Å². The molecule has 0 atom stereocenters. The summed E-state index contributed by atoms with van der Waals surface area (Å²) in [5.74, 6) is -0.251. The van der Waals surface area contributed by atoms with Crippen LogP contribution in [0.1, 0.15) is 12.0 Å². The van der Waals surface area contributed by atoms with Gasteiger partial charge in [-0.1, -0.05) is 36.4 Å². The third-order valence-corrected chi connectivity index (χ3v) is 3.76. The molecule has 6 heteroatoms. The van der Waals surface area contributed by atoms with Gasteiger partial charge in [-0.05, 0) is 24.3 Å². The van der Waals surface area contributed by atoms with E-state index in [1.54, 1.807) is 30.3 Å². The number of carbonyl (C=O) groups is 1. The summed E-state index contributed by atoms with van der Waals surface area (Å²) in [5.41, 5.74) is 2.33. The van der Waals surface area contributed by atoms with Crippen molar-refractivity contribution in [1.29, 1.82) is 5.26 Å². The lowest BCUT2D eigenvalue weighted by Gasteiger charge is -2.08. The van der Waals surface area contributed by atoms with Crippen molar-refractivity contribution in [3.05, 3.63) is 82.6 Å². The molecule has 3 aromatic rings. The molecule has 0 fully saturated rings. The molecule has 0 aliphatic rings. The molecule has 0 saturated heterocycles. The van der Waals surface area contributed by atoms with Crippen molar-refractivity contribution in [1.82, 2.24) is 9.78 Å². The Morgan fingerprint density at radius 3 is 2.65 bits per heavy atom. The second-order valence-electron chi connectivity index (χ2n) is 5.64. The number of hydrogen-bond acceptors (Lipinski definition) is 4. The minimum atomic E-state index is -0.260. The van der Waals surface area contributed by atoms with Gasteiger partial charge in [-0.3, -0.25) is 9.59 Å². The normalized spacial score (nSPS) is 10.1. The number of amides is 1. The Balaban J connectivity index is 1.68. The summed E-state index contributed by atoms with van der Waals surface area (Å²) < 4.78 is 1.29. The maximum atomic E-state index is 12.1. The highest BCUT2D eigenvalue weighted by atomic mass is 16.2. The number of nitrogens with zero attached hydrogens (tertiary/aromatic N) is 3. The fourth-order valence-corrected chi connectivity index (χ4v) is 2.47. The molecule has 0 unspecified atom stereocenters. The van der Waals surface area contributed by atoms with Crippen LogP contribution < -0.4 is 10.9 Å². The molecule has 1 N–H and O–H groups in total. The Labute approximate surface area is 150 Å². The van der Waals surface area contributed by atoms with E-state index in [1.165, 1.54) is 10.7 Å². The van der Waals surface area contributed by atoms with E-state index in [9.17, 15) is 9.59 Å². The Hall–Kier alpha value is -3.72. The number of anilines is 1. The van der Waals surface area contributed by atoms with E-state index < -0.39 is 0 Å². The molecule has 2 aromatic carbocycles. The zero-order valence-electron chi connectivity index (χ0n) is 13.9. The van der Waals surface area contributed by atoms with Gasteiger partial charge in [-0.25, -0.2) is 4.68 Å². The fraction of sp³-hybridized carbons (Fsp3) is 0.100. The van der Waals surface area contributed by atoms with Gasteiger partial charge in [0.25, 0.3) is 5.56 Å². The monoisotopic (exact) mass is 344 g/mol. The third kappa shape index (κ3) is 4.22. The van der Waals surface area contributed by atoms with Gasteiger partial charge in [0.15, 0.2) is 0 Å². The predicted molar refractivity (Wildman–Crippen MR) is 98.3 cm³/mol. The molecule has 128 valence electrons. The van der Waals surface area contributed by atoms with E-state index in [0.717, 1.165) is 5.56 Å². The molecule has 1 amide bonds. The standard InChI is InChI=1S/C20H16N4O2/c21-14-15-5-4-8-17(13-15)22-19(25)11-12-24-20(26)10-9-18(23-24)16-6-2-1-3-7-16/h1-10,13H,11-12H2,(H,22,25). The third-order valence-electron chi connectivity index (χ3n) is 3.76. The van der Waals surface area contributed by atoms with Crippen LogP contribution in [-0.2, 0) is 11.3 Å². The Bertz CT molecular complexity index is 1020. The first kappa shape index (κ1) is 17.1. The number of carbonyl (C=O) groups excluding carboxylic acids is 1. The topological polar surface area (TPSA) is 87.8 Å². The van der Waals surface area contributed by atoms with Crippen LogP contribution in [0.25, 0.3) is 11.3 Å². The molecule has 0 aliphatic carbocycles. The van der Waals surface area contributed by atoms with E-state index in [4.69, 9.17) is 5.26 Å². The molecular formula is C20H16N4O2. The van der Waals surface area contributed by atoms with Crippen LogP contribution in [0.3, 0.4) is 0 Å². The van der Waals surface area contributed by atoms with Crippen molar-refractivity contribution < 1.29 is 4.79 Å². The molecule has 0 spiro atoms. The number of aromatic nitrogens is 2. The molecule has 3 rings (SSSR count). The summed E-state index contributed by atoms with van der Waals surface area (Å²) in [6.45, 7) is 0.170. The number of nitrogens with one attached hydrogen (secondary N) is 1. The van der Waals surface area contributed by atoms with Gasteiger partial charge in [-0.2, -0.15) is 10.4 Å². The summed E-state index contributed by atoms with van der Waals surface area (Å²) in [5, 5.41) is 15.9. The number of benzene rings is 2. The van der Waals surface area contributed by atoms with E-state index >= 15 is 0 Å². The number of hydrogen-bond donors (Lipinski definition) is 1. The SMILES string of the molecule is N#Cc1cccc(NC(=O)CCn2nc(-c3ccccc3)ccc2=O)c1. The lowest BCUT2D eigenvalue weighted by atomic mass is 10.1. The van der Waals surface area contributed by atoms with Crippen molar-refractivity contribution >= 4 is 11.6 Å². The summed E-state index contributed by atoms with van der Waals surface area (Å²) in [6.07, 6.45) is 0.0991. The minimum Gasteiger partial charge on any atom is -0.326 e. The Morgan fingerprint density at radius 2 is 1.88 bits per heavy atom. The first-order valence-electron chi connectivity index (χ1n) is 8.09. The van der Waals surface area contributed by atoms with Crippen LogP contribution in [0.4, 0.5) is 5.69 Å². The molecule has 0 radical (unpaired) electrons. The van der Waals surface area contributed by atoms with Crippen molar-refractivity contribution in [2.24, 2.45) is 0 Å². The van der Waals surface area contributed by atoms with Gasteiger partial charge in [0.05, 0.1) is 23.9 Å². The number of rotatable bonds is 5. The lowest BCUT2D eigenvalue weighted by Crippen LogP contribution is -2.25. The van der Waals surface area contributed by atoms with Crippen molar-refractivity contribution in [2.45, 2.75) is 13.0 Å². The van der Waals surface area contributed by atoms with E-state index in [-0.39, 0.29) is 24.4 Å². The first-order chi connectivity index (χ1) is 12.7. The fourth-order valence-electron chi connectivity index (χ4n) is 2.47. The van der Waals surface area contributed by atoms with E-state index in [2.05, 4.69) is 10.4 Å². The van der Waals surface area contributed by atoms with E-state index in [1.807, 2.05) is 36.4 Å². The molecule has 0 bridgehead atoms. The lowest BCUT2D eigenvalue weighted by molar-refractivity contribution is -0.116. The van der Waals surface area contributed by atoms with Gasteiger partial charge in [-0.15, -0.1) is 0 Å². The molecule has 26 heavy (non-hydrogen) atoms. The molecule has 1 aromatic heterocycles. The second kappa shape index (κ2) is 7.90. The van der Waals surface area contributed by atoms with Crippen LogP contribution >= 0.6 is 0 Å². The Morgan fingerprint density at radius 1 is 1.08 bits per heavy atom. The summed E-state index contributed by atoms with van der Waals surface area (Å²) in [7, 11) is 0. The van der Waals surface area contributed by atoms with E-state index in [0.29, 0.717) is 16.9 Å². The van der Waals surface area contributed by atoms with Gasteiger partial charge < -0.3 is 5.32 Å². The van der Waals surface area contributed by atoms with Crippen LogP contribution in [0, 0.1) is 11.3 Å². The molecule has 0 saturated carbocycles. The van der Waals surface area contributed by atoms with Gasteiger partial charge in [0.2, 0.25) is 5.91 Å². The molecular weight excluding hydrogens is 328 g/mol. The number of nitriles is 1. The summed E-state index contributed by atoms with van der Waals surface area (Å²) in [6, 6.07) is 21.3. The summed E-state index contributed by atoms with van der Waals surface area (Å²) >= 11 is 0.